The summed E-state index contributed by atoms with van der Waals surface area (Å²) in [5.41, 5.74) is 1.82. The van der Waals surface area contributed by atoms with Crippen LogP contribution < -0.4 is 4.74 Å². The quantitative estimate of drug-likeness (QED) is 0.780. The third-order valence-electron chi connectivity index (χ3n) is 3.26. The third kappa shape index (κ3) is 2.78. The normalized spacial score (nSPS) is 10.2. The van der Waals surface area contributed by atoms with Crippen molar-refractivity contribution in [3.05, 3.63) is 54.0 Å². The number of hydrogen-bond acceptors (Lipinski definition) is 6. The molecule has 0 unspecified atom stereocenters. The molecule has 0 radical (unpaired) electrons. The number of methoxy groups -OCH3 is 1. The fraction of sp³-hybridized carbons (Fsp3) is 0.0625. The van der Waals surface area contributed by atoms with Crippen LogP contribution in [0.3, 0.4) is 0 Å². The number of hydrogen-bond donors (Lipinski definition) is 1. The van der Waals surface area contributed by atoms with E-state index in [0.29, 0.717) is 28.5 Å². The molecule has 3 aromatic heterocycles. The van der Waals surface area contributed by atoms with Gasteiger partial charge in [-0.1, -0.05) is 0 Å². The number of rotatable bonds is 4. The lowest BCUT2D eigenvalue weighted by atomic mass is 10.2. The van der Waals surface area contributed by atoms with E-state index in [-0.39, 0.29) is 5.69 Å². The molecule has 0 saturated heterocycles. The van der Waals surface area contributed by atoms with Crippen molar-refractivity contribution in [1.82, 2.24) is 19.7 Å². The van der Waals surface area contributed by atoms with Crippen molar-refractivity contribution in [3.8, 4) is 29.0 Å². The molecule has 0 aromatic carbocycles. The van der Waals surface area contributed by atoms with Crippen LogP contribution in [-0.4, -0.2) is 37.9 Å². The Labute approximate surface area is 136 Å². The number of aromatic carboxylic acids is 1. The molecule has 0 amide bonds. The van der Waals surface area contributed by atoms with Gasteiger partial charge in [0, 0.05) is 18.3 Å². The predicted octanol–water partition coefficient (Wildman–Crippen LogP) is 1.91. The highest BCUT2D eigenvalue weighted by Gasteiger charge is 2.17. The molecule has 0 atom stereocenters. The lowest BCUT2D eigenvalue weighted by molar-refractivity contribution is 0.0690. The van der Waals surface area contributed by atoms with Gasteiger partial charge in [-0.15, -0.1) is 0 Å². The first-order chi connectivity index (χ1) is 11.6. The monoisotopic (exact) mass is 321 g/mol. The maximum absolute atomic E-state index is 11.3. The highest BCUT2D eigenvalue weighted by atomic mass is 16.5. The van der Waals surface area contributed by atoms with Crippen LogP contribution >= 0.6 is 0 Å². The second-order valence-electron chi connectivity index (χ2n) is 4.73. The maximum Gasteiger partial charge on any atom is 0.356 e. The lowest BCUT2D eigenvalue weighted by Gasteiger charge is -2.07. The lowest BCUT2D eigenvalue weighted by Crippen LogP contribution is -2.03. The van der Waals surface area contributed by atoms with Gasteiger partial charge in [0.15, 0.2) is 5.69 Å². The summed E-state index contributed by atoms with van der Waals surface area (Å²) in [7, 11) is 1.50. The van der Waals surface area contributed by atoms with E-state index in [1.807, 2.05) is 6.07 Å². The van der Waals surface area contributed by atoms with Gasteiger partial charge >= 0.3 is 5.97 Å². The number of aromatic nitrogens is 4. The summed E-state index contributed by atoms with van der Waals surface area (Å²) >= 11 is 0. The van der Waals surface area contributed by atoms with Gasteiger partial charge in [0.05, 0.1) is 35.9 Å². The number of ether oxygens (including phenoxy) is 1. The minimum Gasteiger partial charge on any atom is -0.481 e. The van der Waals surface area contributed by atoms with Crippen molar-refractivity contribution in [1.29, 1.82) is 5.26 Å². The smallest absolute Gasteiger partial charge is 0.356 e. The van der Waals surface area contributed by atoms with Gasteiger partial charge in [-0.25, -0.2) is 14.5 Å². The first kappa shape index (κ1) is 15.2. The maximum atomic E-state index is 11.3. The fourth-order valence-electron chi connectivity index (χ4n) is 2.09. The summed E-state index contributed by atoms with van der Waals surface area (Å²) in [5.74, 6) is -0.715. The van der Waals surface area contributed by atoms with Gasteiger partial charge in [-0.2, -0.15) is 10.4 Å². The molecular formula is C16H11N5O3. The molecule has 0 bridgehead atoms. The molecule has 3 rings (SSSR count). The van der Waals surface area contributed by atoms with Crippen molar-refractivity contribution < 1.29 is 14.6 Å². The van der Waals surface area contributed by atoms with E-state index in [2.05, 4.69) is 15.1 Å². The molecule has 0 aliphatic rings. The molecule has 3 aromatic rings. The average Bonchev–Trinajstić information content (AvgIpc) is 3.07. The van der Waals surface area contributed by atoms with Crippen molar-refractivity contribution >= 4 is 5.97 Å². The molecule has 3 heterocycles. The fourth-order valence-corrected chi connectivity index (χ4v) is 2.09. The summed E-state index contributed by atoms with van der Waals surface area (Å²) in [6.45, 7) is 0. The van der Waals surface area contributed by atoms with E-state index in [1.54, 1.807) is 24.3 Å². The minimum absolute atomic E-state index is 0.119. The summed E-state index contributed by atoms with van der Waals surface area (Å²) in [5, 5.41) is 22.1. The van der Waals surface area contributed by atoms with Crippen LogP contribution in [0.5, 0.6) is 5.88 Å². The Hall–Kier alpha value is -3.73. The SMILES string of the molecule is COc1ccc(-n2nc(C(=O)O)cc2-c2ccc(C#N)cn2)cn1. The second kappa shape index (κ2) is 6.18. The van der Waals surface area contributed by atoms with Gasteiger partial charge in [-0.05, 0) is 18.2 Å². The molecule has 0 fully saturated rings. The third-order valence-corrected chi connectivity index (χ3v) is 3.26. The van der Waals surface area contributed by atoms with Crippen molar-refractivity contribution in [2.45, 2.75) is 0 Å². The first-order valence-electron chi connectivity index (χ1n) is 6.82. The van der Waals surface area contributed by atoms with Gasteiger partial charge in [0.25, 0.3) is 0 Å². The van der Waals surface area contributed by atoms with Crippen molar-refractivity contribution in [2.24, 2.45) is 0 Å². The highest BCUT2D eigenvalue weighted by Crippen LogP contribution is 2.23. The van der Waals surface area contributed by atoms with Crippen LogP contribution in [0.1, 0.15) is 16.1 Å². The summed E-state index contributed by atoms with van der Waals surface area (Å²) < 4.78 is 6.45. The van der Waals surface area contributed by atoms with Gasteiger partial charge in [0.1, 0.15) is 6.07 Å². The molecule has 0 aliphatic heterocycles. The number of carboxylic acid groups (broad SMARTS) is 1. The molecule has 8 heteroatoms. The van der Waals surface area contributed by atoms with E-state index in [4.69, 9.17) is 10.00 Å². The van der Waals surface area contributed by atoms with Crippen LogP contribution in [0.4, 0.5) is 0 Å². The molecule has 0 spiro atoms. The van der Waals surface area contributed by atoms with E-state index in [0.717, 1.165) is 0 Å². The van der Waals surface area contributed by atoms with Crippen molar-refractivity contribution in [2.75, 3.05) is 7.11 Å². The Morgan fingerprint density at radius 2 is 2.08 bits per heavy atom. The number of nitriles is 1. The number of pyridine rings is 2. The number of carboxylic acids is 1. The van der Waals surface area contributed by atoms with Crippen LogP contribution in [0.25, 0.3) is 17.1 Å². The van der Waals surface area contributed by atoms with Gasteiger partial charge in [-0.3, -0.25) is 4.98 Å². The zero-order chi connectivity index (χ0) is 17.1. The Morgan fingerprint density at radius 1 is 1.25 bits per heavy atom. The minimum atomic E-state index is -1.15. The largest absolute Gasteiger partial charge is 0.481 e. The van der Waals surface area contributed by atoms with Gasteiger partial charge < -0.3 is 9.84 Å². The topological polar surface area (TPSA) is 114 Å². The Kier molecular flexibility index (Phi) is 3.91. The summed E-state index contributed by atoms with van der Waals surface area (Å²) in [6, 6.07) is 9.99. The van der Waals surface area contributed by atoms with E-state index < -0.39 is 5.97 Å². The Balaban J connectivity index is 2.13. The molecule has 118 valence electrons. The zero-order valence-electron chi connectivity index (χ0n) is 12.5. The van der Waals surface area contributed by atoms with Gasteiger partial charge in [0.2, 0.25) is 5.88 Å². The number of carbonyl (C=O) groups is 1. The zero-order valence-corrected chi connectivity index (χ0v) is 12.5. The Morgan fingerprint density at radius 3 is 2.62 bits per heavy atom. The molecule has 8 nitrogen and oxygen atoms in total. The summed E-state index contributed by atoms with van der Waals surface area (Å²) in [6.07, 6.45) is 2.93. The molecule has 0 aliphatic carbocycles. The van der Waals surface area contributed by atoms with E-state index in [9.17, 15) is 9.90 Å². The standard InChI is InChI=1S/C16H11N5O3/c1-24-15-5-3-11(9-19-15)21-14(6-13(20-21)16(22)23)12-4-2-10(7-17)8-18-12/h2-6,8-9H,1H3,(H,22,23). The molecular weight excluding hydrogens is 310 g/mol. The van der Waals surface area contributed by atoms with Crippen LogP contribution in [-0.2, 0) is 0 Å². The summed E-state index contributed by atoms with van der Waals surface area (Å²) in [4.78, 5) is 19.5. The highest BCUT2D eigenvalue weighted by molar-refractivity contribution is 5.87. The second-order valence-corrected chi connectivity index (χ2v) is 4.73. The molecule has 1 N–H and O–H groups in total. The number of nitrogens with zero attached hydrogens (tertiary/aromatic N) is 5. The van der Waals surface area contributed by atoms with E-state index >= 15 is 0 Å². The Bertz CT molecular complexity index is 924. The average molecular weight is 321 g/mol. The van der Waals surface area contributed by atoms with E-state index in [1.165, 1.54) is 30.3 Å². The van der Waals surface area contributed by atoms with Crippen LogP contribution in [0, 0.1) is 11.3 Å². The van der Waals surface area contributed by atoms with Crippen LogP contribution in [0.2, 0.25) is 0 Å². The van der Waals surface area contributed by atoms with Crippen LogP contribution in [0.15, 0.2) is 42.7 Å². The predicted molar refractivity (Wildman–Crippen MR) is 82.8 cm³/mol. The van der Waals surface area contributed by atoms with Crippen molar-refractivity contribution in [3.63, 3.8) is 0 Å². The molecule has 24 heavy (non-hydrogen) atoms. The first-order valence-corrected chi connectivity index (χ1v) is 6.82. The molecule has 0 saturated carbocycles.